The van der Waals surface area contributed by atoms with E-state index in [1.165, 1.54) is 12.1 Å². The van der Waals surface area contributed by atoms with Crippen molar-refractivity contribution in [3.63, 3.8) is 0 Å². The summed E-state index contributed by atoms with van der Waals surface area (Å²) in [4.78, 5) is 13.1. The highest BCUT2D eigenvalue weighted by atomic mass is 32.2. The first-order valence-electron chi connectivity index (χ1n) is 7.42. The molecule has 0 spiro atoms. The van der Waals surface area contributed by atoms with Crippen molar-refractivity contribution in [2.45, 2.75) is 24.3 Å². The SMILES string of the molecule is [N-]=[N+]=NCc1nnc(-c2ccc(OCCCC(=O)NN)c(S(=O)(=O)O)c2)o1. The van der Waals surface area contributed by atoms with Crippen LogP contribution in [0.25, 0.3) is 21.9 Å². The van der Waals surface area contributed by atoms with Gasteiger partial charge in [-0.15, -0.1) is 10.2 Å². The first-order chi connectivity index (χ1) is 12.8. The van der Waals surface area contributed by atoms with Crippen molar-refractivity contribution in [3.05, 3.63) is 34.5 Å². The van der Waals surface area contributed by atoms with Crippen molar-refractivity contribution < 1.29 is 26.9 Å². The summed E-state index contributed by atoms with van der Waals surface area (Å²) in [6, 6.07) is 3.85. The van der Waals surface area contributed by atoms with Crippen molar-refractivity contribution in [1.82, 2.24) is 15.6 Å². The fourth-order valence-electron chi connectivity index (χ4n) is 1.98. The third kappa shape index (κ3) is 5.65. The van der Waals surface area contributed by atoms with Crippen LogP contribution < -0.4 is 16.0 Å². The fraction of sp³-hybridized carbons (Fsp3) is 0.308. The lowest BCUT2D eigenvalue weighted by atomic mass is 10.2. The standard InChI is InChI=1S/C13H15N7O6S/c14-17-11(21)2-1-5-25-9-4-3-8(6-10(9)27(22,23)24)13-19-18-12(26-13)7-16-20-15/h3-4,6H,1-2,5,7,14H2,(H,17,21)(H,22,23,24). The van der Waals surface area contributed by atoms with Gasteiger partial charge in [0.05, 0.1) is 6.61 Å². The second kappa shape index (κ2) is 8.95. The lowest BCUT2D eigenvalue weighted by Crippen LogP contribution is -2.30. The Labute approximate surface area is 152 Å². The average molecular weight is 397 g/mol. The smallest absolute Gasteiger partial charge is 0.298 e. The highest BCUT2D eigenvalue weighted by Crippen LogP contribution is 2.29. The summed E-state index contributed by atoms with van der Waals surface area (Å²) in [6.45, 7) is -0.140. The van der Waals surface area contributed by atoms with E-state index in [1.54, 1.807) is 0 Å². The number of amides is 1. The Balaban J connectivity index is 2.21. The van der Waals surface area contributed by atoms with Gasteiger partial charge in [0.2, 0.25) is 17.7 Å². The van der Waals surface area contributed by atoms with Crippen LogP contribution in [0.3, 0.4) is 0 Å². The average Bonchev–Trinajstić information content (AvgIpc) is 3.11. The molecule has 0 aliphatic carbocycles. The van der Waals surface area contributed by atoms with E-state index in [9.17, 15) is 17.8 Å². The molecular formula is C13H15N7O6S. The molecule has 1 aromatic carbocycles. The van der Waals surface area contributed by atoms with Gasteiger partial charge in [0.25, 0.3) is 10.1 Å². The van der Waals surface area contributed by atoms with Crippen molar-refractivity contribution in [2.75, 3.05) is 6.61 Å². The van der Waals surface area contributed by atoms with Gasteiger partial charge >= 0.3 is 0 Å². The molecule has 0 bridgehead atoms. The molecule has 1 heterocycles. The Morgan fingerprint density at radius 1 is 1.44 bits per heavy atom. The molecule has 0 saturated carbocycles. The maximum absolute atomic E-state index is 11.6. The van der Waals surface area contributed by atoms with Gasteiger partial charge in [-0.2, -0.15) is 8.42 Å². The molecule has 14 heteroatoms. The molecule has 2 rings (SSSR count). The molecule has 27 heavy (non-hydrogen) atoms. The van der Waals surface area contributed by atoms with E-state index >= 15 is 0 Å². The summed E-state index contributed by atoms with van der Waals surface area (Å²) in [7, 11) is -4.61. The van der Waals surface area contributed by atoms with E-state index in [4.69, 9.17) is 20.5 Å². The molecule has 0 aliphatic rings. The minimum absolute atomic E-state index is 0.0200. The van der Waals surface area contributed by atoms with Crippen molar-refractivity contribution >= 4 is 16.0 Å². The largest absolute Gasteiger partial charge is 0.492 e. The van der Waals surface area contributed by atoms with Crippen LogP contribution in [0.1, 0.15) is 18.7 Å². The van der Waals surface area contributed by atoms with Crippen LogP contribution in [0.5, 0.6) is 5.75 Å². The number of azide groups is 1. The number of carbonyl (C=O) groups is 1. The van der Waals surface area contributed by atoms with Crippen LogP contribution in [0, 0.1) is 0 Å². The topological polar surface area (TPSA) is 206 Å². The van der Waals surface area contributed by atoms with Gasteiger partial charge in [-0.25, -0.2) is 5.84 Å². The number of carbonyl (C=O) groups excluding carboxylic acids is 1. The number of benzene rings is 1. The van der Waals surface area contributed by atoms with E-state index in [0.717, 1.165) is 6.07 Å². The monoisotopic (exact) mass is 397 g/mol. The Kier molecular flexibility index (Phi) is 6.67. The third-order valence-corrected chi connectivity index (χ3v) is 4.05. The van der Waals surface area contributed by atoms with E-state index in [1.807, 2.05) is 5.43 Å². The Morgan fingerprint density at radius 3 is 2.89 bits per heavy atom. The number of nitrogens with zero attached hydrogens (tertiary/aromatic N) is 5. The molecule has 0 unspecified atom stereocenters. The van der Waals surface area contributed by atoms with Gasteiger partial charge < -0.3 is 9.15 Å². The van der Waals surface area contributed by atoms with Crippen molar-refractivity contribution in [3.8, 4) is 17.2 Å². The van der Waals surface area contributed by atoms with Crippen LogP contribution >= 0.6 is 0 Å². The minimum Gasteiger partial charge on any atom is -0.492 e. The van der Waals surface area contributed by atoms with Crippen LogP contribution in [-0.2, 0) is 21.5 Å². The van der Waals surface area contributed by atoms with Gasteiger partial charge in [0.1, 0.15) is 17.2 Å². The summed E-state index contributed by atoms with van der Waals surface area (Å²) < 4.78 is 43.3. The van der Waals surface area contributed by atoms with Gasteiger partial charge in [-0.05, 0) is 30.2 Å². The Hall–Kier alpha value is -3.19. The molecule has 0 fully saturated rings. The molecule has 1 amide bonds. The van der Waals surface area contributed by atoms with Crippen molar-refractivity contribution in [1.29, 1.82) is 0 Å². The van der Waals surface area contributed by atoms with E-state index < -0.39 is 20.9 Å². The molecule has 0 saturated heterocycles. The number of ether oxygens (including phenoxy) is 1. The van der Waals surface area contributed by atoms with Gasteiger partial charge in [-0.3, -0.25) is 14.8 Å². The molecular weight excluding hydrogens is 382 g/mol. The lowest BCUT2D eigenvalue weighted by Gasteiger charge is -2.10. The minimum atomic E-state index is -4.61. The predicted molar refractivity (Wildman–Crippen MR) is 89.5 cm³/mol. The molecule has 0 radical (unpaired) electrons. The molecule has 13 nitrogen and oxygen atoms in total. The summed E-state index contributed by atoms with van der Waals surface area (Å²) >= 11 is 0. The fourth-order valence-corrected chi connectivity index (χ4v) is 2.63. The van der Waals surface area contributed by atoms with Crippen LogP contribution in [0.4, 0.5) is 0 Å². The quantitative estimate of drug-likeness (QED) is 0.0802. The van der Waals surface area contributed by atoms with Crippen molar-refractivity contribution in [2.24, 2.45) is 11.0 Å². The molecule has 2 aromatic rings. The second-order valence-electron chi connectivity index (χ2n) is 5.05. The zero-order valence-corrected chi connectivity index (χ0v) is 14.6. The molecule has 0 aliphatic heterocycles. The number of nitrogens with one attached hydrogen (secondary N) is 1. The summed E-state index contributed by atoms with van der Waals surface area (Å²) in [5.41, 5.74) is 10.4. The van der Waals surface area contributed by atoms with E-state index in [-0.39, 0.29) is 49.1 Å². The zero-order chi connectivity index (χ0) is 19.9. The maximum atomic E-state index is 11.6. The number of hydrogen-bond donors (Lipinski definition) is 3. The number of nitrogens with two attached hydrogens (primary N) is 1. The number of rotatable bonds is 9. The lowest BCUT2D eigenvalue weighted by molar-refractivity contribution is -0.121. The van der Waals surface area contributed by atoms with Gasteiger partial charge in [0, 0.05) is 16.9 Å². The summed E-state index contributed by atoms with van der Waals surface area (Å²) in [5.74, 6) is 4.45. The highest BCUT2D eigenvalue weighted by Gasteiger charge is 2.20. The van der Waals surface area contributed by atoms with Crippen LogP contribution in [0.2, 0.25) is 0 Å². The first-order valence-corrected chi connectivity index (χ1v) is 8.86. The number of hydrogen-bond acceptors (Lipinski definition) is 9. The Morgan fingerprint density at radius 2 is 2.22 bits per heavy atom. The predicted octanol–water partition coefficient (Wildman–Crippen LogP) is 0.943. The number of aromatic nitrogens is 2. The third-order valence-electron chi connectivity index (χ3n) is 3.17. The van der Waals surface area contributed by atoms with Crippen LogP contribution in [0.15, 0.2) is 32.6 Å². The Bertz CT molecular complexity index is 967. The molecule has 144 valence electrons. The first kappa shape index (κ1) is 20.1. The van der Waals surface area contributed by atoms with Gasteiger partial charge in [-0.1, -0.05) is 5.11 Å². The normalized spacial score (nSPS) is 10.9. The summed E-state index contributed by atoms with van der Waals surface area (Å²) in [5, 5.41) is 10.7. The number of hydrazine groups is 1. The van der Waals surface area contributed by atoms with E-state index in [2.05, 4.69) is 20.2 Å². The van der Waals surface area contributed by atoms with Crippen LogP contribution in [-0.4, -0.2) is 35.7 Å². The second-order valence-corrected chi connectivity index (χ2v) is 6.44. The molecule has 4 N–H and O–H groups in total. The molecule has 1 aromatic heterocycles. The summed E-state index contributed by atoms with van der Waals surface area (Å²) in [6.07, 6.45) is 0.369. The highest BCUT2D eigenvalue weighted by molar-refractivity contribution is 7.86. The molecule has 0 atom stereocenters. The zero-order valence-electron chi connectivity index (χ0n) is 13.8. The van der Waals surface area contributed by atoms with Gasteiger partial charge in [0.15, 0.2) is 0 Å². The maximum Gasteiger partial charge on any atom is 0.298 e. The van der Waals surface area contributed by atoms with E-state index in [0.29, 0.717) is 0 Å².